The van der Waals surface area contributed by atoms with E-state index in [2.05, 4.69) is 26.0 Å². The highest BCUT2D eigenvalue weighted by atomic mass is 35.5. The molecule has 2 nitrogen and oxygen atoms in total. The molecule has 0 radical (unpaired) electrons. The van der Waals surface area contributed by atoms with Crippen molar-refractivity contribution in [2.24, 2.45) is 0 Å². The van der Waals surface area contributed by atoms with Crippen LogP contribution in [0.5, 0.6) is 0 Å². The van der Waals surface area contributed by atoms with Gasteiger partial charge < -0.3 is 4.90 Å². The molecule has 0 heterocycles. The van der Waals surface area contributed by atoms with E-state index in [4.69, 9.17) is 11.6 Å². The van der Waals surface area contributed by atoms with Crippen molar-refractivity contribution in [1.29, 1.82) is 0 Å². The first-order valence-electron chi connectivity index (χ1n) is 8.14. The smallest absolute Gasteiger partial charge is 0.233 e. The Hall–Kier alpha value is -1.80. The number of hydrogen-bond acceptors (Lipinski definition) is 1. The molecule has 0 aliphatic heterocycles. The minimum absolute atomic E-state index is 0.174. The van der Waals surface area contributed by atoms with Crippen molar-refractivity contribution in [1.82, 2.24) is 4.90 Å². The van der Waals surface area contributed by atoms with E-state index < -0.39 is 0 Å². The second-order valence-corrected chi connectivity index (χ2v) is 7.04. The molecule has 0 unspecified atom stereocenters. The van der Waals surface area contributed by atoms with Crippen molar-refractivity contribution in [3.8, 4) is 0 Å². The molecule has 1 amide bonds. The summed E-state index contributed by atoms with van der Waals surface area (Å²) in [5.74, 6) is 0.235. The zero-order chi connectivity index (χ0) is 16.4. The molecular weight excluding hydrogens is 306 g/mol. The van der Waals surface area contributed by atoms with Crippen LogP contribution in [0.2, 0.25) is 5.02 Å². The van der Waals surface area contributed by atoms with Gasteiger partial charge in [-0.05, 0) is 49.9 Å². The van der Waals surface area contributed by atoms with Crippen LogP contribution in [0.3, 0.4) is 0 Å². The summed E-state index contributed by atoms with van der Waals surface area (Å²) in [5.41, 5.74) is 1.91. The second-order valence-electron chi connectivity index (χ2n) is 6.60. The quantitative estimate of drug-likeness (QED) is 0.771. The average molecular weight is 328 g/mol. The van der Waals surface area contributed by atoms with E-state index in [-0.39, 0.29) is 17.4 Å². The van der Waals surface area contributed by atoms with E-state index in [1.165, 1.54) is 5.56 Å². The minimum atomic E-state index is -0.344. The van der Waals surface area contributed by atoms with Gasteiger partial charge in [0.15, 0.2) is 0 Å². The summed E-state index contributed by atoms with van der Waals surface area (Å²) in [6.07, 6.45) is 1.84. The molecular formula is C20H22ClNO. The van der Waals surface area contributed by atoms with Crippen LogP contribution in [0.15, 0.2) is 54.6 Å². The maximum atomic E-state index is 13.3. The van der Waals surface area contributed by atoms with Gasteiger partial charge in [0, 0.05) is 17.6 Å². The van der Waals surface area contributed by atoms with Crippen LogP contribution in [0.25, 0.3) is 0 Å². The molecule has 23 heavy (non-hydrogen) atoms. The van der Waals surface area contributed by atoms with Crippen molar-refractivity contribution in [2.45, 2.75) is 44.7 Å². The van der Waals surface area contributed by atoms with Crippen molar-refractivity contribution in [2.75, 3.05) is 0 Å². The number of nitrogens with zero attached hydrogens (tertiary/aromatic N) is 1. The summed E-state index contributed by atoms with van der Waals surface area (Å²) in [5, 5.41) is 0.710. The molecule has 3 rings (SSSR count). The molecule has 0 N–H and O–H groups in total. The van der Waals surface area contributed by atoms with Crippen LogP contribution in [-0.2, 0) is 16.8 Å². The number of amides is 1. The molecule has 0 saturated heterocycles. The highest BCUT2D eigenvalue weighted by Crippen LogP contribution is 2.50. The Morgan fingerprint density at radius 2 is 1.70 bits per heavy atom. The number of benzene rings is 2. The van der Waals surface area contributed by atoms with E-state index in [0.29, 0.717) is 11.6 Å². The van der Waals surface area contributed by atoms with Gasteiger partial charge in [-0.1, -0.05) is 54.1 Å². The van der Waals surface area contributed by atoms with E-state index in [0.717, 1.165) is 18.4 Å². The number of rotatable bonds is 5. The molecule has 3 heteroatoms. The third-order valence-corrected chi connectivity index (χ3v) is 4.89. The van der Waals surface area contributed by atoms with Gasteiger partial charge in [-0.3, -0.25) is 4.79 Å². The van der Waals surface area contributed by atoms with Crippen LogP contribution in [-0.4, -0.2) is 16.8 Å². The van der Waals surface area contributed by atoms with Crippen LogP contribution in [0, 0.1) is 0 Å². The average Bonchev–Trinajstić information content (AvgIpc) is 3.35. The summed E-state index contributed by atoms with van der Waals surface area (Å²) in [6, 6.07) is 18.1. The Morgan fingerprint density at radius 3 is 2.22 bits per heavy atom. The highest BCUT2D eigenvalue weighted by molar-refractivity contribution is 6.30. The lowest BCUT2D eigenvalue weighted by atomic mass is 9.93. The molecule has 0 aromatic heterocycles. The lowest BCUT2D eigenvalue weighted by Gasteiger charge is -2.31. The van der Waals surface area contributed by atoms with Crippen LogP contribution in [0.4, 0.5) is 0 Å². The van der Waals surface area contributed by atoms with E-state index >= 15 is 0 Å². The number of carbonyl (C=O) groups is 1. The third kappa shape index (κ3) is 3.28. The van der Waals surface area contributed by atoms with Crippen LogP contribution >= 0.6 is 11.6 Å². The van der Waals surface area contributed by atoms with Gasteiger partial charge in [-0.2, -0.15) is 0 Å². The molecule has 1 fully saturated rings. The Morgan fingerprint density at radius 1 is 1.09 bits per heavy atom. The standard InChI is InChI=1S/C20H22ClNO/c1-15(2)22(14-16-6-4-3-5-7-16)19(23)20(12-13-20)17-8-10-18(21)11-9-17/h3-11,15H,12-14H2,1-2H3. The molecule has 0 atom stereocenters. The SMILES string of the molecule is CC(C)N(Cc1ccccc1)C(=O)C1(c2ccc(Cl)cc2)CC1. The second kappa shape index (κ2) is 6.37. The summed E-state index contributed by atoms with van der Waals surface area (Å²) in [6.45, 7) is 4.82. The maximum absolute atomic E-state index is 13.3. The molecule has 1 aliphatic rings. The van der Waals surface area contributed by atoms with Gasteiger partial charge in [0.05, 0.1) is 5.41 Å². The fraction of sp³-hybridized carbons (Fsp3) is 0.350. The zero-order valence-electron chi connectivity index (χ0n) is 13.6. The zero-order valence-corrected chi connectivity index (χ0v) is 14.4. The van der Waals surface area contributed by atoms with Crippen LogP contribution in [0.1, 0.15) is 37.8 Å². The first-order valence-corrected chi connectivity index (χ1v) is 8.52. The normalized spacial score (nSPS) is 15.5. The summed E-state index contributed by atoms with van der Waals surface area (Å²) in [7, 11) is 0. The Labute approximate surface area is 143 Å². The van der Waals surface area contributed by atoms with E-state index in [1.54, 1.807) is 0 Å². The van der Waals surface area contributed by atoms with Gasteiger partial charge in [0.25, 0.3) is 0 Å². The number of hydrogen-bond donors (Lipinski definition) is 0. The van der Waals surface area contributed by atoms with Crippen molar-refractivity contribution >= 4 is 17.5 Å². The molecule has 0 bridgehead atoms. The molecule has 120 valence electrons. The monoisotopic (exact) mass is 327 g/mol. The van der Waals surface area contributed by atoms with Crippen LogP contribution < -0.4 is 0 Å². The molecule has 1 aliphatic carbocycles. The van der Waals surface area contributed by atoms with E-state index in [1.807, 2.05) is 47.4 Å². The molecule has 2 aromatic rings. The Balaban J connectivity index is 1.85. The van der Waals surface area contributed by atoms with E-state index in [9.17, 15) is 4.79 Å². The first kappa shape index (κ1) is 16.1. The largest absolute Gasteiger partial charge is 0.335 e. The molecule has 2 aromatic carbocycles. The van der Waals surface area contributed by atoms with Crippen molar-refractivity contribution < 1.29 is 4.79 Å². The lowest BCUT2D eigenvalue weighted by Crippen LogP contribution is -2.43. The summed E-state index contributed by atoms with van der Waals surface area (Å²) < 4.78 is 0. The third-order valence-electron chi connectivity index (χ3n) is 4.64. The lowest BCUT2D eigenvalue weighted by molar-refractivity contribution is -0.136. The van der Waals surface area contributed by atoms with Crippen molar-refractivity contribution in [3.05, 3.63) is 70.7 Å². The number of halogens is 1. The maximum Gasteiger partial charge on any atom is 0.233 e. The Bertz CT molecular complexity index is 675. The van der Waals surface area contributed by atoms with Gasteiger partial charge in [0.1, 0.15) is 0 Å². The predicted molar refractivity (Wildman–Crippen MR) is 94.5 cm³/mol. The fourth-order valence-electron chi connectivity index (χ4n) is 3.06. The Kier molecular flexibility index (Phi) is 4.45. The minimum Gasteiger partial charge on any atom is -0.335 e. The topological polar surface area (TPSA) is 20.3 Å². The molecule has 1 saturated carbocycles. The van der Waals surface area contributed by atoms with Crippen molar-refractivity contribution in [3.63, 3.8) is 0 Å². The molecule has 0 spiro atoms. The van der Waals surface area contributed by atoms with Gasteiger partial charge >= 0.3 is 0 Å². The van der Waals surface area contributed by atoms with Gasteiger partial charge in [0.2, 0.25) is 5.91 Å². The summed E-state index contributed by atoms with van der Waals surface area (Å²) in [4.78, 5) is 15.2. The van der Waals surface area contributed by atoms with Gasteiger partial charge in [-0.15, -0.1) is 0 Å². The predicted octanol–water partition coefficient (Wildman–Crippen LogP) is 4.81. The fourth-order valence-corrected chi connectivity index (χ4v) is 3.19. The van der Waals surface area contributed by atoms with Gasteiger partial charge in [-0.25, -0.2) is 0 Å². The first-order chi connectivity index (χ1) is 11.0. The summed E-state index contributed by atoms with van der Waals surface area (Å²) >= 11 is 5.99. The highest BCUT2D eigenvalue weighted by Gasteiger charge is 2.53. The number of carbonyl (C=O) groups excluding carboxylic acids is 1.